The van der Waals surface area contributed by atoms with Crippen molar-refractivity contribution in [2.45, 2.75) is 59.1 Å². The number of hydrogen-bond acceptors (Lipinski definition) is 9. The zero-order valence-electron chi connectivity index (χ0n) is 21.3. The minimum absolute atomic E-state index is 0.153. The lowest BCUT2D eigenvalue weighted by atomic mass is 10.1. The second-order valence-corrected chi connectivity index (χ2v) is 9.43. The molecule has 1 aliphatic heterocycles. The third-order valence-electron chi connectivity index (χ3n) is 4.85. The second-order valence-electron chi connectivity index (χ2n) is 9.43. The molecule has 0 saturated heterocycles. The first-order valence-electron chi connectivity index (χ1n) is 11.8. The maximum absolute atomic E-state index is 12.2. The summed E-state index contributed by atoms with van der Waals surface area (Å²) in [6.07, 6.45) is 6.73. The maximum atomic E-state index is 12.2. The Morgan fingerprint density at radius 2 is 2.00 bits per heavy atom. The fourth-order valence-electron chi connectivity index (χ4n) is 3.36. The minimum atomic E-state index is -0.578. The van der Waals surface area contributed by atoms with Gasteiger partial charge in [-0.3, -0.25) is 0 Å². The van der Waals surface area contributed by atoms with Gasteiger partial charge >= 0.3 is 12.0 Å². The largest absolute Gasteiger partial charge is 0.462 e. The van der Waals surface area contributed by atoms with Gasteiger partial charge in [-0.25, -0.2) is 4.79 Å². The molecule has 0 saturated carbocycles. The fraction of sp³-hybridized carbons (Fsp3) is 0.600. The van der Waals surface area contributed by atoms with Crippen LogP contribution in [-0.2, 0) is 22.5 Å². The van der Waals surface area contributed by atoms with Crippen molar-refractivity contribution in [1.82, 2.24) is 20.2 Å². The van der Waals surface area contributed by atoms with Gasteiger partial charge in [0.2, 0.25) is 0 Å². The van der Waals surface area contributed by atoms with Crippen LogP contribution < -0.4 is 15.0 Å². The first kappa shape index (κ1) is 27.3. The Bertz CT molecular complexity index is 928. The van der Waals surface area contributed by atoms with E-state index in [1.807, 2.05) is 50.9 Å². The van der Waals surface area contributed by atoms with E-state index >= 15 is 0 Å². The summed E-state index contributed by atoms with van der Waals surface area (Å²) in [4.78, 5) is 25.6. The average Bonchev–Trinajstić information content (AvgIpc) is 2.75. The van der Waals surface area contributed by atoms with Crippen molar-refractivity contribution in [3.63, 3.8) is 0 Å². The number of esters is 1. The molecule has 0 aliphatic carbocycles. The molecule has 1 N–H and O–H groups in total. The molecule has 34 heavy (non-hydrogen) atoms. The molecule has 2 rings (SSSR count). The van der Waals surface area contributed by atoms with E-state index in [-0.39, 0.29) is 6.42 Å². The van der Waals surface area contributed by atoms with Gasteiger partial charge in [0, 0.05) is 37.5 Å². The van der Waals surface area contributed by atoms with Crippen LogP contribution in [0.15, 0.2) is 23.9 Å². The quantitative estimate of drug-likeness (QED) is 0.297. The van der Waals surface area contributed by atoms with Gasteiger partial charge in [-0.1, -0.05) is 6.92 Å². The molecule has 0 spiro atoms. The maximum Gasteiger partial charge on any atom is 0.331 e. The summed E-state index contributed by atoms with van der Waals surface area (Å²) in [5.74, 6) is 0.342. The highest BCUT2D eigenvalue weighted by molar-refractivity contribution is 5.83. The number of carbonyl (C=O) groups excluding carboxylic acids is 1. The predicted octanol–water partition coefficient (Wildman–Crippen LogP) is 2.97. The number of ether oxygens (including phenoxy) is 2. The molecule has 0 bridgehead atoms. The summed E-state index contributed by atoms with van der Waals surface area (Å²) in [5.41, 5.74) is 2.12. The lowest BCUT2D eigenvalue weighted by Crippen LogP contribution is -2.30. The molecule has 9 nitrogen and oxygen atoms in total. The molecule has 0 atom stereocenters. The van der Waals surface area contributed by atoms with Gasteiger partial charge in [0.05, 0.1) is 18.2 Å². The number of likely N-dealkylation sites (N-methyl/N-ethyl adjacent to an activating group) is 1. The lowest BCUT2D eigenvalue weighted by Gasteiger charge is -2.27. The minimum Gasteiger partial charge on any atom is -0.462 e. The highest BCUT2D eigenvalue weighted by Gasteiger charge is 2.22. The van der Waals surface area contributed by atoms with Crippen molar-refractivity contribution >= 4 is 11.8 Å². The molecule has 0 radical (unpaired) electrons. The van der Waals surface area contributed by atoms with Crippen LogP contribution in [0.25, 0.3) is 0 Å². The Morgan fingerprint density at radius 3 is 2.65 bits per heavy atom. The Morgan fingerprint density at radius 1 is 1.24 bits per heavy atom. The van der Waals surface area contributed by atoms with Crippen molar-refractivity contribution in [3.05, 3.63) is 35.2 Å². The number of nitrogens with zero attached hydrogens (tertiary/aromatic N) is 5. The van der Waals surface area contributed by atoms with Crippen LogP contribution in [0, 0.1) is 11.3 Å². The molecule has 0 aromatic carbocycles. The first-order valence-corrected chi connectivity index (χ1v) is 11.8. The van der Waals surface area contributed by atoms with Crippen molar-refractivity contribution in [3.8, 4) is 12.1 Å². The normalized spacial score (nSPS) is 14.1. The van der Waals surface area contributed by atoms with Crippen LogP contribution in [0.3, 0.4) is 0 Å². The summed E-state index contributed by atoms with van der Waals surface area (Å²) in [7, 11) is 3.98. The van der Waals surface area contributed by atoms with Crippen molar-refractivity contribution in [2.24, 2.45) is 0 Å². The van der Waals surface area contributed by atoms with E-state index in [1.165, 1.54) is 6.08 Å². The van der Waals surface area contributed by atoms with Crippen LogP contribution in [0.1, 0.15) is 51.8 Å². The number of hydrogen-bond donors (Lipinski definition) is 1. The molecule has 1 aliphatic rings. The second kappa shape index (κ2) is 13.1. The van der Waals surface area contributed by atoms with E-state index < -0.39 is 11.6 Å². The first-order chi connectivity index (χ1) is 16.1. The van der Waals surface area contributed by atoms with Crippen LogP contribution >= 0.6 is 0 Å². The van der Waals surface area contributed by atoms with Gasteiger partial charge in [0.25, 0.3) is 0 Å². The Hall–Kier alpha value is -2.96. The van der Waals surface area contributed by atoms with Crippen LogP contribution in [0.4, 0.5) is 5.82 Å². The standard InChI is InChI=1S/C25H38N6O3/c1-7-14-31(18-19(10-12-26)8-9-22(32)34-25(2,3)4)23-20-11-13-27-17-21(20)28-24(29-23)33-16-15-30(5)6/h8-9,18,27H,7,10-11,13-17H2,1-6H3/b9-8-,19-18+. The summed E-state index contributed by atoms with van der Waals surface area (Å²) in [5, 5.41) is 12.7. The van der Waals surface area contributed by atoms with Gasteiger partial charge in [-0.05, 0) is 65.9 Å². The van der Waals surface area contributed by atoms with Gasteiger partial charge in [-0.2, -0.15) is 15.2 Å². The monoisotopic (exact) mass is 470 g/mol. The number of carbonyl (C=O) groups is 1. The van der Waals surface area contributed by atoms with Crippen LogP contribution in [0.5, 0.6) is 6.01 Å². The number of anilines is 1. The molecule has 1 aromatic rings. The predicted molar refractivity (Wildman–Crippen MR) is 132 cm³/mol. The Kier molecular flexibility index (Phi) is 10.5. The smallest absolute Gasteiger partial charge is 0.331 e. The van der Waals surface area contributed by atoms with Gasteiger partial charge in [0.1, 0.15) is 18.0 Å². The van der Waals surface area contributed by atoms with E-state index in [9.17, 15) is 10.1 Å². The highest BCUT2D eigenvalue weighted by Crippen LogP contribution is 2.27. The molecule has 0 fully saturated rings. The summed E-state index contributed by atoms with van der Waals surface area (Å²) in [6.45, 7) is 11.0. The van der Waals surface area contributed by atoms with E-state index in [0.29, 0.717) is 31.3 Å². The Balaban J connectivity index is 2.40. The average molecular weight is 471 g/mol. The van der Waals surface area contributed by atoms with E-state index in [0.717, 1.165) is 43.0 Å². The van der Waals surface area contributed by atoms with E-state index in [4.69, 9.17) is 14.5 Å². The molecule has 186 valence electrons. The molecule has 0 unspecified atom stereocenters. The number of fused-ring (bicyclic) bond motifs is 1. The number of nitriles is 1. The third kappa shape index (κ3) is 9.12. The van der Waals surface area contributed by atoms with Gasteiger partial charge in [-0.15, -0.1) is 0 Å². The molecular weight excluding hydrogens is 432 g/mol. The molecular formula is C25H38N6O3. The number of nitrogens with one attached hydrogen (secondary N) is 1. The topological polar surface area (TPSA) is 104 Å². The molecule has 0 amide bonds. The van der Waals surface area contributed by atoms with Crippen molar-refractivity contribution in [1.29, 1.82) is 5.26 Å². The summed E-state index contributed by atoms with van der Waals surface area (Å²) < 4.78 is 11.2. The number of aromatic nitrogens is 2. The van der Waals surface area contributed by atoms with Crippen molar-refractivity contribution < 1.29 is 14.3 Å². The fourth-order valence-corrected chi connectivity index (χ4v) is 3.36. The van der Waals surface area contributed by atoms with E-state index in [2.05, 4.69) is 23.3 Å². The van der Waals surface area contributed by atoms with Crippen molar-refractivity contribution in [2.75, 3.05) is 45.2 Å². The zero-order chi connectivity index (χ0) is 25.1. The van der Waals surface area contributed by atoms with Gasteiger partial charge < -0.3 is 24.6 Å². The lowest BCUT2D eigenvalue weighted by molar-refractivity contribution is -0.148. The zero-order valence-corrected chi connectivity index (χ0v) is 21.3. The molecule has 2 heterocycles. The van der Waals surface area contributed by atoms with Crippen LogP contribution in [-0.4, -0.2) is 66.8 Å². The summed E-state index contributed by atoms with van der Waals surface area (Å²) >= 11 is 0. The highest BCUT2D eigenvalue weighted by atomic mass is 16.6. The molecule has 9 heteroatoms. The van der Waals surface area contributed by atoms with Gasteiger partial charge in [0.15, 0.2) is 0 Å². The molecule has 1 aromatic heterocycles. The number of rotatable bonds is 11. The van der Waals surface area contributed by atoms with E-state index in [1.54, 1.807) is 6.08 Å². The third-order valence-corrected chi connectivity index (χ3v) is 4.85. The number of allylic oxidation sites excluding steroid dienone is 2. The summed E-state index contributed by atoms with van der Waals surface area (Å²) in [6, 6.07) is 2.53. The Labute approximate surface area is 203 Å². The van der Waals surface area contributed by atoms with Crippen LogP contribution in [0.2, 0.25) is 0 Å². The SMILES string of the molecule is CCCN(/C=C(\C=C/C(=O)OC(C)(C)C)CC#N)c1nc(OCCN(C)C)nc2c1CCNC2.